The second-order valence-electron chi connectivity index (χ2n) is 31.1. The van der Waals surface area contributed by atoms with E-state index in [1.807, 2.05) is 158 Å². The molecule has 0 unspecified atom stereocenters. The molecule has 568 valence electrons. The highest BCUT2D eigenvalue weighted by Gasteiger charge is 2.54. The zero-order valence-corrected chi connectivity index (χ0v) is 67.8. The monoisotopic (exact) mass is 1590 g/mol. The number of hydrogen-bond acceptors (Lipinski definition) is 13. The van der Waals surface area contributed by atoms with Gasteiger partial charge in [-0.3, -0.25) is 15.0 Å². The molecule has 0 bridgehead atoms. The maximum atomic E-state index is 6.59. The number of rotatable bonds is 14. The fourth-order valence-corrected chi connectivity index (χ4v) is 14.9. The number of pyridine rings is 3. The highest BCUT2D eigenvalue weighted by atomic mass is 79.9. The van der Waals surface area contributed by atoms with E-state index in [4.69, 9.17) is 48.5 Å². The van der Waals surface area contributed by atoms with E-state index in [2.05, 4.69) is 268 Å². The minimum Gasteiger partial charge on any atom is -0.399 e. The number of benzene rings is 12. The molecule has 2 aliphatic heterocycles. The van der Waals surface area contributed by atoms with Crippen molar-refractivity contribution in [3.05, 3.63) is 357 Å². The number of halogens is 1. The van der Waals surface area contributed by atoms with E-state index in [1.165, 1.54) is 16.3 Å². The summed E-state index contributed by atoms with van der Waals surface area (Å²) in [5.74, 6) is 3.83. The fourth-order valence-electron chi connectivity index (χ4n) is 14.7. The van der Waals surface area contributed by atoms with Gasteiger partial charge in [0.1, 0.15) is 0 Å². The molecule has 2 saturated heterocycles. The SMILES string of the molecule is Brc1ccncc1.CC1(C)OB(c2cc(B3OC(C)(C)C(C)(C)O3)cc(-c3ccc(-c4ccc(-c5nc(-c6ccccc6)nc(-c6ccccc6)n5)cc4)c4ccccc34)c2)OC1(C)C.c1ccc(-c2nc(-c3ccccc3)nc(-c3ccc(-c4ccc(-c5cc(-c6ccncc6)cc(-c6ccncc6)c5)c5ccccc45)cc3)n2)cc1. The summed E-state index contributed by atoms with van der Waals surface area (Å²) in [6, 6.07) is 109. The van der Waals surface area contributed by atoms with Gasteiger partial charge >= 0.3 is 14.2 Å². The second-order valence-corrected chi connectivity index (χ2v) is 32.1. The zero-order valence-electron chi connectivity index (χ0n) is 66.2. The summed E-state index contributed by atoms with van der Waals surface area (Å²) >= 11 is 3.27. The predicted molar refractivity (Wildman–Crippen MR) is 479 cm³/mol. The number of aromatic nitrogens is 9. The van der Waals surface area contributed by atoms with Crippen molar-refractivity contribution in [3.8, 4) is 135 Å². The van der Waals surface area contributed by atoms with Crippen LogP contribution in [0, 0.1) is 0 Å². The van der Waals surface area contributed by atoms with E-state index in [-0.39, 0.29) is 0 Å². The molecule has 0 aliphatic carbocycles. The maximum Gasteiger partial charge on any atom is 0.494 e. The lowest BCUT2D eigenvalue weighted by Crippen LogP contribution is -2.41. The molecule has 19 rings (SSSR count). The van der Waals surface area contributed by atoms with Crippen LogP contribution in [-0.4, -0.2) is 81.5 Å². The first kappa shape index (κ1) is 76.7. The molecule has 0 atom stereocenters. The lowest BCUT2D eigenvalue weighted by atomic mass is 9.70. The van der Waals surface area contributed by atoms with E-state index >= 15 is 0 Å². The van der Waals surface area contributed by atoms with Gasteiger partial charge in [0.25, 0.3) is 0 Å². The van der Waals surface area contributed by atoms with Gasteiger partial charge in [-0.05, 0) is 209 Å². The molecule has 2 fully saturated rings. The molecule has 0 radical (unpaired) electrons. The molecule has 0 saturated carbocycles. The van der Waals surface area contributed by atoms with Crippen molar-refractivity contribution in [3.63, 3.8) is 0 Å². The summed E-state index contributed by atoms with van der Waals surface area (Å²) in [4.78, 5) is 41.8. The van der Waals surface area contributed by atoms with E-state index in [0.717, 1.165) is 121 Å². The smallest absolute Gasteiger partial charge is 0.399 e. The Morgan fingerprint density at radius 2 is 0.444 bits per heavy atom. The van der Waals surface area contributed by atoms with Crippen LogP contribution in [0.25, 0.3) is 157 Å². The maximum absolute atomic E-state index is 6.59. The summed E-state index contributed by atoms with van der Waals surface area (Å²) in [6.07, 6.45) is 10.8. The Bertz CT molecular complexity index is 6140. The van der Waals surface area contributed by atoms with E-state index < -0.39 is 36.6 Å². The number of fused-ring (bicyclic) bond motifs is 2. The highest BCUT2D eigenvalue weighted by Crippen LogP contribution is 2.44. The van der Waals surface area contributed by atoms with Crippen molar-refractivity contribution in [1.82, 2.24) is 44.9 Å². The topological polar surface area (TPSA) is 153 Å². The van der Waals surface area contributed by atoms with Crippen LogP contribution in [-0.2, 0) is 18.6 Å². The van der Waals surface area contributed by atoms with Gasteiger partial charge in [0.05, 0.1) is 22.4 Å². The van der Waals surface area contributed by atoms with E-state index in [1.54, 1.807) is 12.4 Å². The summed E-state index contributed by atoms with van der Waals surface area (Å²) in [5, 5.41) is 4.65. The molecular weight excluding hydrogens is 1500 g/mol. The average Bonchev–Trinajstić information content (AvgIpc) is 1.62. The Balaban J connectivity index is 0.000000156. The van der Waals surface area contributed by atoms with Gasteiger partial charge in [-0.25, -0.2) is 29.9 Å². The van der Waals surface area contributed by atoms with Gasteiger partial charge in [-0.1, -0.05) is 277 Å². The van der Waals surface area contributed by atoms with Crippen LogP contribution < -0.4 is 10.9 Å². The van der Waals surface area contributed by atoms with Gasteiger partial charge < -0.3 is 18.6 Å². The summed E-state index contributed by atoms with van der Waals surface area (Å²) in [5.41, 5.74) is 19.0. The molecule has 0 amide bonds. The van der Waals surface area contributed by atoms with Crippen molar-refractivity contribution in [2.24, 2.45) is 0 Å². The predicted octanol–water partition coefficient (Wildman–Crippen LogP) is 23.3. The highest BCUT2D eigenvalue weighted by molar-refractivity contribution is 9.10. The number of nitrogens with zero attached hydrogens (tertiary/aromatic N) is 9. The minimum atomic E-state index is -0.549. The Morgan fingerprint density at radius 3 is 0.718 bits per heavy atom. The van der Waals surface area contributed by atoms with E-state index in [9.17, 15) is 0 Å². The Labute approximate surface area is 691 Å². The molecule has 17 aromatic rings. The van der Waals surface area contributed by atoms with Crippen LogP contribution in [0.2, 0.25) is 0 Å². The molecule has 0 N–H and O–H groups in total. The molecule has 16 heteroatoms. The second kappa shape index (κ2) is 32.8. The van der Waals surface area contributed by atoms with Gasteiger partial charge in [0.15, 0.2) is 34.9 Å². The van der Waals surface area contributed by atoms with Crippen LogP contribution in [0.5, 0.6) is 0 Å². The largest absolute Gasteiger partial charge is 0.494 e. The van der Waals surface area contributed by atoms with Crippen LogP contribution in [0.15, 0.2) is 357 Å². The summed E-state index contributed by atoms with van der Waals surface area (Å²) < 4.78 is 27.4. The lowest BCUT2D eigenvalue weighted by molar-refractivity contribution is 0.00578. The summed E-state index contributed by atoms with van der Waals surface area (Å²) in [7, 11) is -1.10. The molecule has 7 heterocycles. The van der Waals surface area contributed by atoms with Crippen LogP contribution in [0.3, 0.4) is 0 Å². The molecule has 117 heavy (non-hydrogen) atoms. The Hall–Kier alpha value is -12.9. The van der Waals surface area contributed by atoms with Crippen molar-refractivity contribution < 1.29 is 18.6 Å². The van der Waals surface area contributed by atoms with Crippen molar-refractivity contribution in [2.75, 3.05) is 0 Å². The first-order chi connectivity index (χ1) is 56.8. The normalized spacial score (nSPS) is 14.3. The van der Waals surface area contributed by atoms with Gasteiger partial charge in [-0.2, -0.15) is 0 Å². The molecule has 5 aromatic heterocycles. The van der Waals surface area contributed by atoms with Gasteiger partial charge in [0, 0.05) is 75.0 Å². The van der Waals surface area contributed by atoms with Crippen LogP contribution in [0.1, 0.15) is 55.4 Å². The van der Waals surface area contributed by atoms with Gasteiger partial charge in [-0.15, -0.1) is 0 Å². The quantitative estimate of drug-likeness (QED) is 0.0950. The number of hydrogen-bond donors (Lipinski definition) is 0. The average molecular weight is 1590 g/mol. The third-order valence-electron chi connectivity index (χ3n) is 22.4. The van der Waals surface area contributed by atoms with Crippen molar-refractivity contribution >= 4 is 62.6 Å². The van der Waals surface area contributed by atoms with Crippen molar-refractivity contribution in [1.29, 1.82) is 0 Å². The van der Waals surface area contributed by atoms with Crippen LogP contribution in [0.4, 0.5) is 0 Å². The third kappa shape index (κ3) is 16.4. The minimum absolute atomic E-state index is 0.486. The molecule has 0 spiro atoms. The first-order valence-electron chi connectivity index (χ1n) is 39.2. The zero-order chi connectivity index (χ0) is 80.3. The fraction of sp³-hybridized carbons (Fsp3) is 0.119. The molecule has 13 nitrogen and oxygen atoms in total. The Morgan fingerprint density at radius 1 is 0.214 bits per heavy atom. The van der Waals surface area contributed by atoms with Gasteiger partial charge in [0.2, 0.25) is 0 Å². The standard InChI is InChI=1S/C49H47B2N3O4.C47H31N5.C5H4BrN/c1-46(2)47(3,4)56-50(55-46)37-29-36(30-38(31-37)51-57-48(5,6)49(7,8)58-51)40-28-27-39(41-21-15-16-22-42(40)41)32-23-25-35(26-24-32)45-53-43(33-17-11-9-12-18-33)52-44(54-45)34-19-13-10-14-20-34;1-3-9-35(10-4-1)45-50-46(36-11-5-2-6-12-36)52-47(51-45)37-17-15-34(16-18-37)41-19-20-42(44-14-8-7-13-43(41)44)40-30-38(32-21-25-48-26-22-32)29-39(31-40)33-23-27-49-28-24-33;6-5-1-3-7-4-2-5/h9-31H,1-8H3;1-31H;1-4H. The van der Waals surface area contributed by atoms with E-state index in [0.29, 0.717) is 34.9 Å². The molecular formula is C101H82B2BrN9O4. The first-order valence-corrected chi connectivity index (χ1v) is 40.0. The lowest BCUT2D eigenvalue weighted by Gasteiger charge is -2.32. The third-order valence-corrected chi connectivity index (χ3v) is 22.9. The molecule has 12 aromatic carbocycles. The molecule has 2 aliphatic rings. The van der Waals surface area contributed by atoms with Crippen LogP contribution >= 0.6 is 15.9 Å². The Kier molecular flexibility index (Phi) is 21.5. The summed E-state index contributed by atoms with van der Waals surface area (Å²) in [6.45, 7) is 16.7. The van der Waals surface area contributed by atoms with Crippen molar-refractivity contribution in [2.45, 2.75) is 77.8 Å².